The summed E-state index contributed by atoms with van der Waals surface area (Å²) < 4.78 is 16.7. The third-order valence-electron chi connectivity index (χ3n) is 8.54. The molecule has 4 aromatic rings. The number of hydrogen-bond donors (Lipinski definition) is 1. The first-order valence-electron chi connectivity index (χ1n) is 18.7. The molecule has 304 valence electrons. The van der Waals surface area contributed by atoms with E-state index in [-0.39, 0.29) is 25.1 Å². The Morgan fingerprint density at radius 1 is 0.763 bits per heavy atom. The molecule has 1 N–H and O–H groups in total. The molecule has 4 aromatic carbocycles. The van der Waals surface area contributed by atoms with Crippen molar-refractivity contribution in [3.8, 4) is 33.8 Å². The monoisotopic (exact) mass is 856 g/mol. The Balaban J connectivity index is 0.000000490. The first-order valence-corrected chi connectivity index (χ1v) is 19.8. The summed E-state index contributed by atoms with van der Waals surface area (Å²) in [6.45, 7) is 22.2. The summed E-state index contributed by atoms with van der Waals surface area (Å²) in [5.41, 5.74) is 6.46. The number of halogens is 1. The summed E-state index contributed by atoms with van der Waals surface area (Å²) in [5.74, 6) is 0.528. The number of aldehydes is 1. The molecule has 1 heterocycles. The summed E-state index contributed by atoms with van der Waals surface area (Å²) in [4.78, 5) is 38.1. The van der Waals surface area contributed by atoms with Crippen LogP contribution in [0.25, 0.3) is 31.9 Å². The zero-order valence-electron chi connectivity index (χ0n) is 32.6. The van der Waals surface area contributed by atoms with Crippen molar-refractivity contribution < 1.29 is 33.7 Å². The molecule has 1 unspecified atom stereocenters. The number of carbonyl (C=O) groups excluding carboxylic acids is 2. The summed E-state index contributed by atoms with van der Waals surface area (Å²) in [5, 5.41) is 8.39. The lowest BCUT2D eigenvalue weighted by atomic mass is 9.81. The van der Waals surface area contributed by atoms with E-state index in [4.69, 9.17) is 32.5 Å². The molecule has 5 rings (SSSR count). The van der Waals surface area contributed by atoms with Gasteiger partial charge in [0.25, 0.3) is 0 Å². The van der Waals surface area contributed by atoms with Crippen LogP contribution in [0.1, 0.15) is 65.2 Å². The number of alkyl halides is 1. The van der Waals surface area contributed by atoms with Gasteiger partial charge in [0.15, 0.2) is 11.4 Å². The molecule has 9 nitrogen and oxygen atoms in total. The maximum absolute atomic E-state index is 11.3. The molecule has 0 saturated carbocycles. The second-order valence-electron chi connectivity index (χ2n) is 12.8. The number of hydrogen-bond acceptors (Lipinski definition) is 6. The van der Waals surface area contributed by atoms with Crippen LogP contribution in [0.15, 0.2) is 121 Å². The van der Waals surface area contributed by atoms with Crippen molar-refractivity contribution in [1.82, 2.24) is 0 Å². The third kappa shape index (κ3) is 19.9. The summed E-state index contributed by atoms with van der Waals surface area (Å²) >= 11 is 2.93. The maximum Gasteiger partial charge on any atom is 0.333 e. The number of carboxylic acids is 1. The zero-order valence-corrected chi connectivity index (χ0v) is 34.2. The van der Waals surface area contributed by atoms with Crippen LogP contribution in [0.3, 0.4) is 0 Å². The number of benzene rings is 4. The van der Waals surface area contributed by atoms with Crippen LogP contribution in [0.2, 0.25) is 0 Å². The van der Waals surface area contributed by atoms with Gasteiger partial charge in [-0.1, -0.05) is 109 Å². The van der Waals surface area contributed by atoms with Crippen LogP contribution in [0.5, 0.6) is 11.5 Å². The number of ether oxygens (including phenoxy) is 3. The van der Waals surface area contributed by atoms with Crippen LogP contribution in [-0.2, 0) is 19.1 Å². The topological polar surface area (TPSA) is 108 Å². The molecule has 1 saturated heterocycles. The molecule has 0 aromatic heterocycles. The zero-order chi connectivity index (χ0) is 42.5. The fourth-order valence-corrected chi connectivity index (χ4v) is 5.57. The van der Waals surface area contributed by atoms with Gasteiger partial charge in [-0.15, -0.1) is 0 Å². The third-order valence-corrected chi connectivity index (χ3v) is 9.22. The smallest absolute Gasteiger partial charge is 0.333 e. The van der Waals surface area contributed by atoms with Gasteiger partial charge >= 0.3 is 11.9 Å². The van der Waals surface area contributed by atoms with Crippen LogP contribution >= 0.6 is 15.9 Å². The molecule has 1 aliphatic heterocycles. The average Bonchev–Trinajstić information content (AvgIpc) is 3.60. The largest absolute Gasteiger partial charge is 0.494 e. The number of carbonyl (C=O) groups is 3. The van der Waals surface area contributed by atoms with Crippen molar-refractivity contribution in [3.63, 3.8) is 0 Å². The van der Waals surface area contributed by atoms with Crippen molar-refractivity contribution >= 4 is 61.0 Å². The molecule has 0 aliphatic carbocycles. The molecule has 1 fully saturated rings. The second-order valence-corrected chi connectivity index (χ2v) is 13.4. The van der Waals surface area contributed by atoms with Gasteiger partial charge in [0.1, 0.15) is 23.9 Å². The number of carboxylic acid groups (broad SMARTS) is 1. The van der Waals surface area contributed by atoms with Gasteiger partial charge in [-0.2, -0.15) is 0 Å². The summed E-state index contributed by atoms with van der Waals surface area (Å²) in [6, 6.07) is 31.1. The van der Waals surface area contributed by atoms with E-state index in [0.717, 1.165) is 85.0 Å². The minimum absolute atomic E-state index is 0. The number of rotatable bonds is 18. The van der Waals surface area contributed by atoms with Gasteiger partial charge in [0, 0.05) is 44.8 Å². The van der Waals surface area contributed by atoms with Gasteiger partial charge in [-0.25, -0.2) is 19.3 Å². The van der Waals surface area contributed by atoms with E-state index in [1.54, 1.807) is 0 Å². The standard InChI is InChI=1S/C23H23NO3.C19H19NO2.C4H5BrO2.CH4.B2/c1-17-16-22(27-23(17)25)6-4-3-5-15-26-21-13-9-19(10-14-21)18-7-11-20(24-2)12-8-18;1-20-18-10-6-16(7-11-18)17-8-12-19(13-9-17)22-15-5-3-2-4-14-21;1-3(2-5)4(6)7;;1-2/h7-14,22H,1,3-6,15-16H2;6-14H,2-5,15H2;1-2H2,(H,6,7);1H4;. The average molecular weight is 857 g/mol. The maximum atomic E-state index is 11.3. The van der Waals surface area contributed by atoms with Gasteiger partial charge in [0.2, 0.25) is 0 Å². The molecule has 0 spiro atoms. The molecule has 1 aliphatic rings. The predicted molar refractivity (Wildman–Crippen MR) is 243 cm³/mol. The Bertz CT molecular complexity index is 1940. The number of unbranched alkanes of at least 4 members (excludes halogenated alkanes) is 5. The number of esters is 1. The Labute approximate surface area is 361 Å². The molecule has 0 bridgehead atoms. The number of aliphatic carboxylic acids is 1. The van der Waals surface area contributed by atoms with E-state index in [1.165, 1.54) is 0 Å². The summed E-state index contributed by atoms with van der Waals surface area (Å²) in [6.07, 6.45) is 9.15. The highest BCUT2D eigenvalue weighted by Gasteiger charge is 2.26. The number of nitrogens with zero attached hydrogens (tertiary/aromatic N) is 2. The quantitative estimate of drug-likeness (QED) is 0.0202. The van der Waals surface area contributed by atoms with Crippen LogP contribution < -0.4 is 9.47 Å². The second kappa shape index (κ2) is 30.3. The fourth-order valence-electron chi connectivity index (χ4n) is 5.33. The highest BCUT2D eigenvalue weighted by Crippen LogP contribution is 2.27. The minimum Gasteiger partial charge on any atom is -0.494 e. The highest BCUT2D eigenvalue weighted by molar-refractivity contribution is 9.09. The minimum atomic E-state index is -0.947. The molecular formula is C47H51B2BrN2O7. The molecule has 0 amide bonds. The lowest BCUT2D eigenvalue weighted by Crippen LogP contribution is -2.06. The molecular weight excluding hydrogens is 806 g/mol. The van der Waals surface area contributed by atoms with E-state index in [9.17, 15) is 14.4 Å². The van der Waals surface area contributed by atoms with E-state index in [2.05, 4.69) is 54.3 Å². The number of cyclic esters (lactones) is 1. The predicted octanol–water partition coefficient (Wildman–Crippen LogP) is 11.7. The Hall–Kier alpha value is -5.84. The van der Waals surface area contributed by atoms with Gasteiger partial charge in [-0.05, 0) is 91.5 Å². The van der Waals surface area contributed by atoms with Gasteiger partial charge < -0.3 is 24.1 Å². The SMILES string of the molecule is C.C=C(CBr)C(=O)O.[B][B].[C-]#[N+]c1ccc(-c2ccc(OCCCCCC3CC(=C)C(=O)O3)cc2)cc1.[C-]#[N+]c1ccc(-c2ccc(OCCCCCC=O)cc2)cc1. The van der Waals surface area contributed by atoms with E-state index >= 15 is 0 Å². The van der Waals surface area contributed by atoms with Crippen molar-refractivity contribution in [2.45, 2.75) is 71.3 Å². The lowest BCUT2D eigenvalue weighted by molar-refractivity contribution is -0.139. The molecule has 59 heavy (non-hydrogen) atoms. The van der Waals surface area contributed by atoms with Gasteiger partial charge in [0.05, 0.1) is 26.4 Å². The Kier molecular flexibility index (Phi) is 26.3. The first kappa shape index (κ1) is 51.2. The van der Waals surface area contributed by atoms with Gasteiger partial charge in [-0.3, -0.25) is 0 Å². The van der Waals surface area contributed by atoms with Crippen molar-refractivity contribution in [1.29, 1.82) is 0 Å². The highest BCUT2D eigenvalue weighted by atomic mass is 79.9. The molecule has 4 radical (unpaired) electrons. The van der Waals surface area contributed by atoms with E-state index < -0.39 is 5.97 Å². The Morgan fingerprint density at radius 3 is 1.49 bits per heavy atom. The lowest BCUT2D eigenvalue weighted by Gasteiger charge is -2.09. The molecule has 1 atom stereocenters. The Morgan fingerprint density at radius 2 is 1.17 bits per heavy atom. The van der Waals surface area contributed by atoms with Crippen molar-refractivity contribution in [2.75, 3.05) is 18.5 Å². The van der Waals surface area contributed by atoms with Crippen LogP contribution in [0, 0.1) is 13.1 Å². The van der Waals surface area contributed by atoms with E-state index in [0.29, 0.717) is 48.3 Å². The summed E-state index contributed by atoms with van der Waals surface area (Å²) in [7, 11) is 8.00. The van der Waals surface area contributed by atoms with Crippen molar-refractivity contribution in [2.24, 2.45) is 0 Å². The van der Waals surface area contributed by atoms with E-state index in [1.807, 2.05) is 97.1 Å². The van der Waals surface area contributed by atoms with Crippen LogP contribution in [0.4, 0.5) is 11.4 Å². The molecule has 12 heteroatoms. The fraction of sp³-hybridized carbons (Fsp3) is 0.298. The van der Waals surface area contributed by atoms with Crippen LogP contribution in [-0.4, -0.2) is 63.5 Å². The first-order chi connectivity index (χ1) is 28.2. The van der Waals surface area contributed by atoms with Crippen molar-refractivity contribution in [3.05, 3.63) is 144 Å². The normalized spacial score (nSPS) is 12.1.